The molecule has 1 aliphatic heterocycles. The van der Waals surface area contributed by atoms with Gasteiger partial charge in [0.05, 0.1) is 10.9 Å². The SMILES string of the molecule is C#C[C@]1(O)[C@H](n2cc(C#N)c3c(N)ncnc32)O[C@](F)(COP(=O)(O)OP(=O)(O)OP(=O)(O)O)[C@H]1O. The summed E-state index contributed by atoms with van der Waals surface area (Å²) in [7, 11) is -17.5. The van der Waals surface area contributed by atoms with Gasteiger partial charge in [0.1, 0.15) is 30.5 Å². The van der Waals surface area contributed by atoms with Crippen molar-refractivity contribution in [3.63, 3.8) is 0 Å². The van der Waals surface area contributed by atoms with Crippen LogP contribution in [0.1, 0.15) is 11.8 Å². The summed E-state index contributed by atoms with van der Waals surface area (Å²) >= 11 is 0. The van der Waals surface area contributed by atoms with E-state index in [-0.39, 0.29) is 22.4 Å². The lowest BCUT2D eigenvalue weighted by molar-refractivity contribution is -0.203. The van der Waals surface area contributed by atoms with E-state index in [1.165, 1.54) is 0 Å². The Bertz CT molecular complexity index is 1430. The van der Waals surface area contributed by atoms with Gasteiger partial charge < -0.3 is 44.8 Å². The number of phosphoric ester groups is 1. The molecule has 22 heteroatoms. The minimum atomic E-state index is -5.93. The van der Waals surface area contributed by atoms with Gasteiger partial charge in [0.2, 0.25) is 5.60 Å². The van der Waals surface area contributed by atoms with Crippen molar-refractivity contribution in [3.05, 3.63) is 18.1 Å². The van der Waals surface area contributed by atoms with Crippen molar-refractivity contribution >= 4 is 40.3 Å². The van der Waals surface area contributed by atoms with Crippen LogP contribution in [0.25, 0.3) is 11.0 Å². The number of hydrogen-bond acceptors (Lipinski definition) is 13. The number of nitrogens with zero attached hydrogens (tertiary/aromatic N) is 4. The van der Waals surface area contributed by atoms with Crippen LogP contribution in [0.4, 0.5) is 10.2 Å². The maximum atomic E-state index is 15.6. The summed E-state index contributed by atoms with van der Waals surface area (Å²) in [6.45, 7) is -1.81. The Morgan fingerprint density at radius 3 is 2.44 bits per heavy atom. The molecule has 2 aromatic heterocycles. The molecule has 0 aromatic carbocycles. The maximum Gasteiger partial charge on any atom is 0.490 e. The molecule has 8 N–H and O–H groups in total. The fraction of sp³-hybridized carbons (Fsp3) is 0.357. The van der Waals surface area contributed by atoms with Crippen LogP contribution >= 0.6 is 23.5 Å². The zero-order chi connectivity index (χ0) is 27.3. The molecule has 3 heterocycles. The van der Waals surface area contributed by atoms with Crippen LogP contribution in [0.3, 0.4) is 0 Å². The van der Waals surface area contributed by atoms with Gasteiger partial charge in [-0.15, -0.1) is 6.42 Å². The number of nitrogen functional groups attached to an aromatic ring is 1. The molecule has 0 bridgehead atoms. The molecule has 0 aliphatic carbocycles. The highest BCUT2D eigenvalue weighted by Crippen LogP contribution is 2.66. The molecule has 0 amide bonds. The number of ether oxygens (including phenoxy) is 1. The normalized spacial score (nSPS) is 29.8. The van der Waals surface area contributed by atoms with Crippen LogP contribution in [0.2, 0.25) is 0 Å². The second-order valence-corrected chi connectivity index (χ2v) is 11.4. The van der Waals surface area contributed by atoms with Gasteiger partial charge in [0, 0.05) is 6.20 Å². The van der Waals surface area contributed by atoms with E-state index in [9.17, 15) is 34.1 Å². The molecular formula is C14H15FN5O13P3. The second-order valence-electron chi connectivity index (χ2n) is 7.01. The first-order chi connectivity index (χ1) is 16.4. The van der Waals surface area contributed by atoms with Gasteiger partial charge in [-0.3, -0.25) is 4.52 Å². The molecule has 2 unspecified atom stereocenters. The number of hydrogen-bond donors (Lipinski definition) is 7. The van der Waals surface area contributed by atoms with Gasteiger partial charge in [-0.1, -0.05) is 5.92 Å². The van der Waals surface area contributed by atoms with Crippen LogP contribution in [0.15, 0.2) is 12.5 Å². The highest BCUT2D eigenvalue weighted by Gasteiger charge is 2.66. The van der Waals surface area contributed by atoms with Crippen molar-refractivity contribution in [2.24, 2.45) is 0 Å². The average molecular weight is 573 g/mol. The van der Waals surface area contributed by atoms with Gasteiger partial charge in [0.25, 0.3) is 5.85 Å². The number of aliphatic hydroxyl groups is 2. The molecule has 1 fully saturated rings. The number of aromatic nitrogens is 3. The standard InChI is InChI=1S/C14H15FN5O13P3/c1-2-13(22)11(21)14(15,5-30-35(26,27)33-36(28,29)32-34(23,24)25)31-12(13)20-4-7(3-16)8-9(17)18-6-19-10(8)20/h1,4,6,11-12,21-22H,5H2,(H,26,27)(H,28,29)(H2,17,18,19)(H2,23,24,25)/t11-,12+,13+,14+/m0/s1. The Morgan fingerprint density at radius 2 is 1.89 bits per heavy atom. The summed E-state index contributed by atoms with van der Waals surface area (Å²) in [6, 6.07) is 1.76. The Labute approximate surface area is 199 Å². The number of aliphatic hydroxyl groups excluding tert-OH is 1. The van der Waals surface area contributed by atoms with Crippen molar-refractivity contribution in [2.45, 2.75) is 23.8 Å². The zero-order valence-corrected chi connectivity index (χ0v) is 19.9. The number of fused-ring (bicyclic) bond motifs is 1. The van der Waals surface area contributed by atoms with E-state index < -0.39 is 53.9 Å². The molecule has 196 valence electrons. The van der Waals surface area contributed by atoms with E-state index in [1.807, 2.05) is 0 Å². The highest BCUT2D eigenvalue weighted by atomic mass is 31.3. The lowest BCUT2D eigenvalue weighted by Crippen LogP contribution is -2.50. The molecule has 6 atom stereocenters. The second kappa shape index (κ2) is 9.21. The van der Waals surface area contributed by atoms with Crippen LogP contribution in [-0.2, 0) is 31.6 Å². The van der Waals surface area contributed by atoms with Crippen molar-refractivity contribution in [3.8, 4) is 18.4 Å². The Hall–Kier alpha value is -2.31. The van der Waals surface area contributed by atoms with Crippen LogP contribution in [0.5, 0.6) is 0 Å². The summed E-state index contributed by atoms with van der Waals surface area (Å²) in [4.78, 5) is 43.3. The van der Waals surface area contributed by atoms with E-state index in [0.29, 0.717) is 0 Å². The van der Waals surface area contributed by atoms with Gasteiger partial charge >= 0.3 is 23.5 Å². The number of rotatable bonds is 8. The third kappa shape index (κ3) is 5.35. The van der Waals surface area contributed by atoms with Crippen molar-refractivity contribution in [2.75, 3.05) is 12.3 Å². The number of nitrogens with two attached hydrogens (primary N) is 1. The molecule has 18 nitrogen and oxygen atoms in total. The number of phosphoric acid groups is 3. The zero-order valence-electron chi connectivity index (χ0n) is 17.2. The van der Waals surface area contributed by atoms with E-state index in [1.54, 1.807) is 12.0 Å². The number of nitriles is 1. The topological polar surface area (TPSA) is 290 Å². The van der Waals surface area contributed by atoms with Crippen LogP contribution < -0.4 is 5.73 Å². The van der Waals surface area contributed by atoms with Gasteiger partial charge in [-0.2, -0.15) is 13.9 Å². The van der Waals surface area contributed by atoms with E-state index in [2.05, 4.69) is 23.1 Å². The van der Waals surface area contributed by atoms with E-state index >= 15 is 4.39 Å². The molecule has 1 saturated heterocycles. The molecule has 1 aliphatic rings. The minimum absolute atomic E-state index is 0.0397. The van der Waals surface area contributed by atoms with E-state index in [4.69, 9.17) is 31.6 Å². The summed E-state index contributed by atoms with van der Waals surface area (Å²) in [5.41, 5.74) is 2.44. The monoisotopic (exact) mass is 573 g/mol. The third-order valence-corrected chi connectivity index (χ3v) is 8.38. The fourth-order valence-electron chi connectivity index (χ4n) is 3.18. The Balaban J connectivity index is 1.93. The van der Waals surface area contributed by atoms with Crippen molar-refractivity contribution in [1.29, 1.82) is 5.26 Å². The smallest absolute Gasteiger partial charge is 0.383 e. The number of alkyl halides is 1. The third-order valence-electron chi connectivity index (χ3n) is 4.59. The first-order valence-electron chi connectivity index (χ1n) is 8.92. The van der Waals surface area contributed by atoms with Gasteiger partial charge in [-0.05, 0) is 0 Å². The number of anilines is 1. The summed E-state index contributed by atoms with van der Waals surface area (Å²) < 4.78 is 66.6. The minimum Gasteiger partial charge on any atom is -0.383 e. The maximum absolute atomic E-state index is 15.6. The summed E-state index contributed by atoms with van der Waals surface area (Å²) in [5.74, 6) is -2.09. The molecule has 0 radical (unpaired) electrons. The highest BCUT2D eigenvalue weighted by molar-refractivity contribution is 7.66. The first-order valence-corrected chi connectivity index (χ1v) is 13.4. The average Bonchev–Trinajstić information content (AvgIpc) is 3.20. The summed E-state index contributed by atoms with van der Waals surface area (Å²) in [6.07, 6.45) is 2.42. The van der Waals surface area contributed by atoms with Gasteiger partial charge in [0.15, 0.2) is 12.3 Å². The van der Waals surface area contributed by atoms with Crippen molar-refractivity contribution < 1.29 is 65.8 Å². The first kappa shape index (κ1) is 28.3. The van der Waals surface area contributed by atoms with Gasteiger partial charge in [-0.25, -0.2) is 28.1 Å². The Morgan fingerprint density at radius 1 is 1.25 bits per heavy atom. The lowest BCUT2D eigenvalue weighted by Gasteiger charge is -2.27. The van der Waals surface area contributed by atoms with E-state index in [0.717, 1.165) is 17.1 Å². The molecule has 0 spiro atoms. The molecular weight excluding hydrogens is 558 g/mol. The van der Waals surface area contributed by atoms with Crippen LogP contribution in [0, 0.1) is 23.7 Å². The Kier molecular flexibility index (Phi) is 7.23. The molecule has 2 aromatic rings. The summed E-state index contributed by atoms with van der Waals surface area (Å²) in [5, 5.41) is 30.6. The molecule has 0 saturated carbocycles. The largest absolute Gasteiger partial charge is 0.490 e. The predicted octanol–water partition coefficient (Wildman–Crippen LogP) is -0.852. The number of terminal acetylenes is 1. The predicted molar refractivity (Wildman–Crippen MR) is 110 cm³/mol. The van der Waals surface area contributed by atoms with Crippen molar-refractivity contribution in [1.82, 2.24) is 14.5 Å². The lowest BCUT2D eigenvalue weighted by atomic mass is 9.94. The molecule has 36 heavy (non-hydrogen) atoms. The number of halogens is 1. The fourth-order valence-corrected chi connectivity index (χ4v) is 6.21. The molecule has 3 rings (SSSR count). The van der Waals surface area contributed by atoms with Crippen LogP contribution in [-0.4, -0.2) is 68.5 Å². The quantitative estimate of drug-likeness (QED) is 0.149.